The van der Waals surface area contributed by atoms with Crippen LogP contribution in [0.25, 0.3) is 32.8 Å². The maximum atomic E-state index is 5.54. The highest BCUT2D eigenvalue weighted by molar-refractivity contribution is 7.13. The topological polar surface area (TPSA) is 48.2 Å². The molecular weight excluding hydrogens is 308 g/mol. The van der Waals surface area contributed by atoms with Crippen molar-refractivity contribution < 1.29 is 9.26 Å². The molecule has 4 nitrogen and oxygen atoms in total. The van der Waals surface area contributed by atoms with Crippen LogP contribution in [0.2, 0.25) is 0 Å². The van der Waals surface area contributed by atoms with Gasteiger partial charge in [-0.2, -0.15) is 0 Å². The Kier molecular flexibility index (Phi) is 3.35. The summed E-state index contributed by atoms with van der Waals surface area (Å²) in [6, 6.07) is 14.0. The number of aromatic nitrogens is 2. The van der Waals surface area contributed by atoms with Crippen LogP contribution in [-0.4, -0.2) is 17.3 Å². The summed E-state index contributed by atoms with van der Waals surface area (Å²) in [5.74, 6) is 0.797. The monoisotopic (exact) mass is 322 g/mol. The number of para-hydroxylation sites is 1. The summed E-state index contributed by atoms with van der Waals surface area (Å²) < 4.78 is 11.0. The van der Waals surface area contributed by atoms with Crippen LogP contribution in [0.15, 0.2) is 52.4 Å². The van der Waals surface area contributed by atoms with Gasteiger partial charge in [0, 0.05) is 11.1 Å². The van der Waals surface area contributed by atoms with Gasteiger partial charge in [-0.15, -0.1) is 11.3 Å². The first-order valence-corrected chi connectivity index (χ1v) is 8.10. The third-order valence-corrected chi connectivity index (χ3v) is 4.65. The zero-order valence-corrected chi connectivity index (χ0v) is 13.6. The molecule has 0 amide bonds. The van der Waals surface area contributed by atoms with Crippen molar-refractivity contribution in [3.8, 4) is 27.4 Å². The quantitative estimate of drug-likeness (QED) is 0.536. The Labute approximate surface area is 137 Å². The summed E-state index contributed by atoms with van der Waals surface area (Å²) in [6.07, 6.45) is 0. The minimum Gasteiger partial charge on any atom is -0.496 e. The van der Waals surface area contributed by atoms with Gasteiger partial charge in [-0.25, -0.2) is 4.98 Å². The smallest absolute Gasteiger partial charge is 0.193 e. The lowest BCUT2D eigenvalue weighted by atomic mass is 10.0. The van der Waals surface area contributed by atoms with Gasteiger partial charge in [0.1, 0.15) is 17.0 Å². The molecule has 3 heterocycles. The molecule has 0 unspecified atom stereocenters. The molecular formula is C18H14N2O2S. The Bertz CT molecular complexity index is 974. The molecule has 5 heteroatoms. The highest BCUT2D eigenvalue weighted by Crippen LogP contribution is 2.38. The Hall–Kier alpha value is -2.66. The van der Waals surface area contributed by atoms with E-state index in [9.17, 15) is 0 Å². The average Bonchev–Trinajstić information content (AvgIpc) is 3.24. The van der Waals surface area contributed by atoms with E-state index in [1.165, 1.54) is 0 Å². The molecule has 0 N–H and O–H groups in total. The molecule has 0 atom stereocenters. The van der Waals surface area contributed by atoms with Crippen LogP contribution in [0, 0.1) is 6.92 Å². The number of rotatable bonds is 3. The Morgan fingerprint density at radius 3 is 2.74 bits per heavy atom. The van der Waals surface area contributed by atoms with Gasteiger partial charge in [-0.05, 0) is 30.5 Å². The van der Waals surface area contributed by atoms with Gasteiger partial charge in [-0.1, -0.05) is 29.4 Å². The molecule has 0 saturated carbocycles. The number of nitrogens with zero attached hydrogens (tertiary/aromatic N) is 2. The highest BCUT2D eigenvalue weighted by Gasteiger charge is 2.18. The standard InChI is InChI=1S/C18H14N2O2S/c1-11-17-18(22-20-11)13(12-6-3-4-7-15(12)21-2)10-14(19-17)16-8-5-9-23-16/h3-10H,1-2H3. The van der Waals surface area contributed by atoms with E-state index in [0.29, 0.717) is 5.58 Å². The van der Waals surface area contributed by atoms with E-state index >= 15 is 0 Å². The van der Waals surface area contributed by atoms with Gasteiger partial charge in [0.25, 0.3) is 0 Å². The van der Waals surface area contributed by atoms with Crippen molar-refractivity contribution in [1.82, 2.24) is 10.1 Å². The van der Waals surface area contributed by atoms with Gasteiger partial charge in [0.2, 0.25) is 0 Å². The van der Waals surface area contributed by atoms with Crippen LogP contribution in [0.1, 0.15) is 5.69 Å². The lowest BCUT2D eigenvalue weighted by molar-refractivity contribution is 0.416. The molecule has 0 radical (unpaired) electrons. The van der Waals surface area contributed by atoms with Crippen LogP contribution in [-0.2, 0) is 0 Å². The van der Waals surface area contributed by atoms with Crippen LogP contribution in [0.3, 0.4) is 0 Å². The summed E-state index contributed by atoms with van der Waals surface area (Å²) in [7, 11) is 1.67. The SMILES string of the molecule is COc1ccccc1-c1cc(-c2cccs2)nc2c(C)noc12. The molecule has 1 aromatic carbocycles. The number of benzene rings is 1. The van der Waals surface area contributed by atoms with E-state index in [1.807, 2.05) is 48.7 Å². The molecule has 0 aliphatic carbocycles. The highest BCUT2D eigenvalue weighted by atomic mass is 32.1. The Morgan fingerprint density at radius 2 is 1.96 bits per heavy atom. The number of methoxy groups -OCH3 is 1. The minimum absolute atomic E-state index is 0.687. The number of hydrogen-bond acceptors (Lipinski definition) is 5. The normalized spacial score (nSPS) is 11.0. The molecule has 4 aromatic rings. The molecule has 0 aliphatic rings. The van der Waals surface area contributed by atoms with Gasteiger partial charge >= 0.3 is 0 Å². The van der Waals surface area contributed by atoms with Crippen LogP contribution in [0.5, 0.6) is 5.75 Å². The fourth-order valence-corrected chi connectivity index (χ4v) is 3.33. The van der Waals surface area contributed by atoms with Crippen molar-refractivity contribution in [2.45, 2.75) is 6.92 Å². The van der Waals surface area contributed by atoms with Crippen molar-refractivity contribution in [3.05, 3.63) is 53.5 Å². The summed E-state index contributed by atoms with van der Waals surface area (Å²) >= 11 is 1.66. The first-order chi connectivity index (χ1) is 11.3. The molecule has 114 valence electrons. The third-order valence-electron chi connectivity index (χ3n) is 3.76. The summed E-state index contributed by atoms with van der Waals surface area (Å²) in [5.41, 5.74) is 5.09. The number of fused-ring (bicyclic) bond motifs is 1. The van der Waals surface area contributed by atoms with E-state index in [0.717, 1.165) is 38.7 Å². The van der Waals surface area contributed by atoms with Gasteiger partial charge < -0.3 is 9.26 Å². The average molecular weight is 322 g/mol. The molecule has 0 spiro atoms. The van der Waals surface area contributed by atoms with Crippen molar-refractivity contribution in [3.63, 3.8) is 0 Å². The second-order valence-corrected chi connectivity index (χ2v) is 6.13. The maximum absolute atomic E-state index is 5.54. The fourth-order valence-electron chi connectivity index (χ4n) is 2.65. The second kappa shape index (κ2) is 5.52. The molecule has 23 heavy (non-hydrogen) atoms. The molecule has 3 aromatic heterocycles. The zero-order chi connectivity index (χ0) is 15.8. The minimum atomic E-state index is 0.687. The largest absolute Gasteiger partial charge is 0.496 e. The number of ether oxygens (including phenoxy) is 1. The first-order valence-electron chi connectivity index (χ1n) is 7.22. The van der Waals surface area contributed by atoms with E-state index in [2.05, 4.69) is 11.2 Å². The van der Waals surface area contributed by atoms with Crippen LogP contribution in [0.4, 0.5) is 0 Å². The molecule has 0 aliphatic heterocycles. The fraction of sp³-hybridized carbons (Fsp3) is 0.111. The first kappa shape index (κ1) is 14.0. The van der Waals surface area contributed by atoms with Gasteiger partial charge in [0.05, 0.1) is 17.7 Å². The zero-order valence-electron chi connectivity index (χ0n) is 12.7. The molecule has 4 rings (SSSR count). The number of pyridine rings is 1. The number of aryl methyl sites for hydroxylation is 1. The van der Waals surface area contributed by atoms with E-state index in [1.54, 1.807) is 18.4 Å². The molecule has 0 fully saturated rings. The summed E-state index contributed by atoms with van der Waals surface area (Å²) in [5, 5.41) is 6.13. The van der Waals surface area contributed by atoms with E-state index < -0.39 is 0 Å². The number of thiophene rings is 1. The Balaban J connectivity index is 2.05. The third kappa shape index (κ3) is 2.29. The van der Waals surface area contributed by atoms with Crippen molar-refractivity contribution in [2.24, 2.45) is 0 Å². The lowest BCUT2D eigenvalue weighted by Gasteiger charge is -2.09. The Morgan fingerprint density at radius 1 is 1.09 bits per heavy atom. The maximum Gasteiger partial charge on any atom is 0.193 e. The predicted octanol–water partition coefficient (Wildman–Crippen LogP) is 4.94. The van der Waals surface area contributed by atoms with Crippen LogP contribution >= 0.6 is 11.3 Å². The van der Waals surface area contributed by atoms with Crippen LogP contribution < -0.4 is 4.74 Å². The van der Waals surface area contributed by atoms with Crippen molar-refractivity contribution >= 4 is 22.4 Å². The number of hydrogen-bond donors (Lipinski definition) is 0. The molecule has 0 bridgehead atoms. The van der Waals surface area contributed by atoms with E-state index in [-0.39, 0.29) is 0 Å². The van der Waals surface area contributed by atoms with Gasteiger partial charge in [0.15, 0.2) is 5.58 Å². The van der Waals surface area contributed by atoms with Crippen molar-refractivity contribution in [1.29, 1.82) is 0 Å². The molecule has 0 saturated heterocycles. The lowest BCUT2D eigenvalue weighted by Crippen LogP contribution is -1.91. The second-order valence-electron chi connectivity index (χ2n) is 5.18. The predicted molar refractivity (Wildman–Crippen MR) is 91.8 cm³/mol. The van der Waals surface area contributed by atoms with Gasteiger partial charge in [-0.3, -0.25) is 0 Å². The summed E-state index contributed by atoms with van der Waals surface area (Å²) in [6.45, 7) is 1.91. The van der Waals surface area contributed by atoms with E-state index in [4.69, 9.17) is 14.2 Å². The van der Waals surface area contributed by atoms with Crippen molar-refractivity contribution in [2.75, 3.05) is 7.11 Å². The summed E-state index contributed by atoms with van der Waals surface area (Å²) in [4.78, 5) is 5.85.